The van der Waals surface area contributed by atoms with Gasteiger partial charge in [0.1, 0.15) is 5.75 Å². The number of hydrogen-bond donors (Lipinski definition) is 1. The highest BCUT2D eigenvalue weighted by atomic mass is 79.9. The molecule has 0 saturated carbocycles. The number of hydrogen-bond acceptors (Lipinski definition) is 3. The van der Waals surface area contributed by atoms with Crippen LogP contribution in [-0.2, 0) is 4.79 Å². The van der Waals surface area contributed by atoms with Gasteiger partial charge >= 0.3 is 0 Å². The van der Waals surface area contributed by atoms with Gasteiger partial charge < -0.3 is 10.1 Å². The van der Waals surface area contributed by atoms with Crippen LogP contribution in [0.3, 0.4) is 0 Å². The van der Waals surface area contributed by atoms with E-state index in [0.29, 0.717) is 10.8 Å². The summed E-state index contributed by atoms with van der Waals surface area (Å²) in [5, 5.41) is 3.36. The fourth-order valence-corrected chi connectivity index (χ4v) is 2.60. The first-order chi connectivity index (χ1) is 10.5. The molecule has 0 saturated heterocycles. The number of benzene rings is 1. The van der Waals surface area contributed by atoms with Crippen LogP contribution in [-0.4, -0.2) is 17.0 Å². The van der Waals surface area contributed by atoms with E-state index in [1.54, 1.807) is 31.5 Å². The Bertz CT molecular complexity index is 652. The first-order valence-electron chi connectivity index (χ1n) is 6.79. The Kier molecular flexibility index (Phi) is 5.80. The third kappa shape index (κ3) is 4.45. The van der Waals surface area contributed by atoms with E-state index in [1.165, 1.54) is 0 Å². The summed E-state index contributed by atoms with van der Waals surface area (Å²) in [6, 6.07) is 8.86. The normalized spacial score (nSPS) is 13.3. The van der Waals surface area contributed by atoms with Crippen molar-refractivity contribution in [3.8, 4) is 5.75 Å². The number of nitrogens with one attached hydrogen (secondary N) is 1. The molecule has 0 spiro atoms. The van der Waals surface area contributed by atoms with Crippen molar-refractivity contribution in [2.45, 2.75) is 26.0 Å². The van der Waals surface area contributed by atoms with Gasteiger partial charge in [-0.3, -0.25) is 9.78 Å². The molecule has 0 aliphatic carbocycles. The molecule has 1 N–H and O–H groups in total. The lowest BCUT2D eigenvalue weighted by molar-refractivity contribution is -0.127. The molecule has 0 aliphatic rings. The van der Waals surface area contributed by atoms with Crippen molar-refractivity contribution in [3.63, 3.8) is 0 Å². The molecular weight excluding hydrogens is 368 g/mol. The maximum absolute atomic E-state index is 12.2. The van der Waals surface area contributed by atoms with Crippen molar-refractivity contribution < 1.29 is 9.53 Å². The van der Waals surface area contributed by atoms with Crippen molar-refractivity contribution in [2.24, 2.45) is 0 Å². The zero-order chi connectivity index (χ0) is 16.1. The number of carbonyl (C=O) groups excluding carboxylic acids is 1. The molecule has 1 aromatic heterocycles. The van der Waals surface area contributed by atoms with Gasteiger partial charge in [-0.15, -0.1) is 0 Å². The Balaban J connectivity index is 1.97. The highest BCUT2D eigenvalue weighted by molar-refractivity contribution is 9.10. The molecule has 2 atom stereocenters. The van der Waals surface area contributed by atoms with Crippen LogP contribution in [0.25, 0.3) is 0 Å². The van der Waals surface area contributed by atoms with Crippen molar-refractivity contribution >= 4 is 33.4 Å². The number of carbonyl (C=O) groups is 1. The second-order valence-electron chi connectivity index (χ2n) is 4.85. The summed E-state index contributed by atoms with van der Waals surface area (Å²) in [4.78, 5) is 16.2. The van der Waals surface area contributed by atoms with E-state index in [1.807, 2.05) is 25.1 Å². The fourth-order valence-electron chi connectivity index (χ4n) is 1.88. The molecule has 0 radical (unpaired) electrons. The van der Waals surface area contributed by atoms with Crippen LogP contribution in [0.2, 0.25) is 5.02 Å². The molecule has 0 bridgehead atoms. The Morgan fingerprint density at radius 3 is 2.59 bits per heavy atom. The van der Waals surface area contributed by atoms with E-state index in [4.69, 9.17) is 16.3 Å². The van der Waals surface area contributed by atoms with Crippen molar-refractivity contribution in [1.82, 2.24) is 10.3 Å². The van der Waals surface area contributed by atoms with Gasteiger partial charge in [0.05, 0.1) is 11.1 Å². The molecule has 1 heterocycles. The van der Waals surface area contributed by atoms with Crippen molar-refractivity contribution in [3.05, 3.63) is 57.8 Å². The van der Waals surface area contributed by atoms with Gasteiger partial charge in [-0.05, 0) is 49.7 Å². The molecule has 116 valence electrons. The Morgan fingerprint density at radius 1 is 1.27 bits per heavy atom. The molecule has 2 aromatic rings. The van der Waals surface area contributed by atoms with Gasteiger partial charge in [-0.25, -0.2) is 0 Å². The maximum Gasteiger partial charge on any atom is 0.261 e. The molecule has 0 aliphatic heterocycles. The van der Waals surface area contributed by atoms with Crippen LogP contribution in [0.15, 0.2) is 47.2 Å². The zero-order valence-corrected chi connectivity index (χ0v) is 14.6. The van der Waals surface area contributed by atoms with Gasteiger partial charge in [0.15, 0.2) is 6.10 Å². The highest BCUT2D eigenvalue weighted by Crippen LogP contribution is 2.28. The summed E-state index contributed by atoms with van der Waals surface area (Å²) in [7, 11) is 0. The highest BCUT2D eigenvalue weighted by Gasteiger charge is 2.18. The topological polar surface area (TPSA) is 51.2 Å². The summed E-state index contributed by atoms with van der Waals surface area (Å²) in [6.07, 6.45) is 2.74. The smallest absolute Gasteiger partial charge is 0.261 e. The number of nitrogens with zero attached hydrogens (tertiary/aromatic N) is 1. The number of pyridine rings is 1. The van der Waals surface area contributed by atoms with Crippen LogP contribution in [0.4, 0.5) is 0 Å². The third-order valence-corrected chi connectivity index (χ3v) is 3.92. The van der Waals surface area contributed by atoms with E-state index in [0.717, 1.165) is 10.0 Å². The molecule has 0 unspecified atom stereocenters. The summed E-state index contributed by atoms with van der Waals surface area (Å²) in [6.45, 7) is 3.60. The molecule has 2 rings (SSSR count). The molecule has 4 nitrogen and oxygen atoms in total. The predicted molar refractivity (Wildman–Crippen MR) is 90.0 cm³/mol. The van der Waals surface area contributed by atoms with Crippen LogP contribution in [0.5, 0.6) is 5.75 Å². The minimum absolute atomic E-state index is 0.123. The second-order valence-corrected chi connectivity index (χ2v) is 6.17. The standard InChI is InChI=1S/C16H16BrClN2O2/c1-10(12-5-7-19-8-6-12)20-16(21)11(2)22-15-4-3-13(17)9-14(15)18/h3-11H,1-2H3,(H,20,21)/t10-,11+/m1/s1. The van der Waals surface area contributed by atoms with E-state index in [-0.39, 0.29) is 11.9 Å². The van der Waals surface area contributed by atoms with Crippen molar-refractivity contribution in [2.75, 3.05) is 0 Å². The van der Waals surface area contributed by atoms with E-state index >= 15 is 0 Å². The molecule has 22 heavy (non-hydrogen) atoms. The maximum atomic E-state index is 12.2. The quantitative estimate of drug-likeness (QED) is 0.844. The monoisotopic (exact) mass is 382 g/mol. The lowest BCUT2D eigenvalue weighted by atomic mass is 10.1. The lowest BCUT2D eigenvalue weighted by Gasteiger charge is -2.19. The summed E-state index contributed by atoms with van der Waals surface area (Å²) in [5.74, 6) is 0.271. The van der Waals surface area contributed by atoms with Crippen LogP contribution in [0.1, 0.15) is 25.5 Å². The Morgan fingerprint density at radius 2 is 1.95 bits per heavy atom. The first-order valence-corrected chi connectivity index (χ1v) is 7.96. The molecule has 1 amide bonds. The molecule has 1 aromatic carbocycles. The van der Waals surface area contributed by atoms with Gasteiger partial charge in [0.2, 0.25) is 0 Å². The summed E-state index contributed by atoms with van der Waals surface area (Å²) < 4.78 is 6.48. The van der Waals surface area contributed by atoms with Crippen molar-refractivity contribution in [1.29, 1.82) is 0 Å². The number of aromatic nitrogens is 1. The zero-order valence-electron chi connectivity index (χ0n) is 12.2. The van der Waals surface area contributed by atoms with E-state index < -0.39 is 6.10 Å². The first kappa shape index (κ1) is 16.8. The van der Waals surface area contributed by atoms with Gasteiger partial charge in [0.25, 0.3) is 5.91 Å². The number of amides is 1. The average Bonchev–Trinajstić information content (AvgIpc) is 2.50. The van der Waals surface area contributed by atoms with Gasteiger partial charge in [-0.2, -0.15) is 0 Å². The summed E-state index contributed by atoms with van der Waals surface area (Å²) >= 11 is 9.41. The molecular formula is C16H16BrClN2O2. The Labute approximate surface area is 143 Å². The van der Waals surface area contributed by atoms with E-state index in [9.17, 15) is 4.79 Å². The number of rotatable bonds is 5. The SMILES string of the molecule is C[C@H](Oc1ccc(Br)cc1Cl)C(=O)N[C@H](C)c1ccncc1. The third-order valence-electron chi connectivity index (χ3n) is 3.13. The molecule has 6 heteroatoms. The molecule has 0 fully saturated rings. The van der Waals surface area contributed by atoms with Crippen LogP contribution < -0.4 is 10.1 Å². The van der Waals surface area contributed by atoms with Gasteiger partial charge in [-0.1, -0.05) is 27.5 Å². The number of ether oxygens (including phenoxy) is 1. The van der Waals surface area contributed by atoms with E-state index in [2.05, 4.69) is 26.2 Å². The Hall–Kier alpha value is -1.59. The predicted octanol–water partition coefficient (Wildman–Crippen LogP) is 4.14. The van der Waals surface area contributed by atoms with Crippen LogP contribution in [0, 0.1) is 0 Å². The number of halogens is 2. The fraction of sp³-hybridized carbons (Fsp3) is 0.250. The minimum atomic E-state index is -0.650. The largest absolute Gasteiger partial charge is 0.479 e. The average molecular weight is 384 g/mol. The minimum Gasteiger partial charge on any atom is -0.479 e. The second kappa shape index (κ2) is 7.61. The van der Waals surface area contributed by atoms with Gasteiger partial charge in [0, 0.05) is 16.9 Å². The summed E-state index contributed by atoms with van der Waals surface area (Å²) in [5.41, 5.74) is 0.984. The lowest BCUT2D eigenvalue weighted by Crippen LogP contribution is -2.37. The van der Waals surface area contributed by atoms with Crippen LogP contribution >= 0.6 is 27.5 Å².